The molecule has 7 nitrogen and oxygen atoms in total. The van der Waals surface area contributed by atoms with Crippen LogP contribution in [0.5, 0.6) is 5.75 Å². The number of methoxy groups -OCH3 is 1. The van der Waals surface area contributed by atoms with Crippen molar-refractivity contribution in [3.05, 3.63) is 70.7 Å². The van der Waals surface area contributed by atoms with Gasteiger partial charge in [-0.1, -0.05) is 0 Å². The molecule has 0 aliphatic carbocycles. The van der Waals surface area contributed by atoms with Crippen molar-refractivity contribution < 1.29 is 17.5 Å². The van der Waals surface area contributed by atoms with Crippen LogP contribution < -0.4 is 10.4 Å². The van der Waals surface area contributed by atoms with Crippen LogP contribution >= 0.6 is 0 Å². The normalized spacial score (nSPS) is 11.5. The summed E-state index contributed by atoms with van der Waals surface area (Å²) in [6.45, 7) is 1.58. The molecule has 0 spiro atoms. The lowest BCUT2D eigenvalue weighted by Gasteiger charge is -2.06. The maximum absolute atomic E-state index is 13.0. The van der Waals surface area contributed by atoms with E-state index in [0.29, 0.717) is 17.3 Å². The monoisotopic (exact) mass is 391 g/mol. The topological polar surface area (TPSA) is 83.2 Å². The summed E-state index contributed by atoms with van der Waals surface area (Å²) in [4.78, 5) is 12.6. The summed E-state index contributed by atoms with van der Waals surface area (Å²) in [6.07, 6.45) is 0. The van der Waals surface area contributed by atoms with Crippen molar-refractivity contribution in [2.24, 2.45) is 0 Å². The van der Waals surface area contributed by atoms with E-state index in [1.165, 1.54) is 21.4 Å². The first-order chi connectivity index (χ1) is 12.8. The Balaban J connectivity index is 1.84. The Hall–Kier alpha value is -2.94. The molecule has 9 heteroatoms. The van der Waals surface area contributed by atoms with Crippen LogP contribution in [0.3, 0.4) is 0 Å². The molecular formula is C18H18FN3O4S. The van der Waals surface area contributed by atoms with Gasteiger partial charge in [-0.25, -0.2) is 17.6 Å². The van der Waals surface area contributed by atoms with Gasteiger partial charge in [-0.2, -0.15) is 9.78 Å². The molecule has 0 aliphatic rings. The first kappa shape index (κ1) is 18.8. The average Bonchev–Trinajstić information content (AvgIpc) is 2.94. The summed E-state index contributed by atoms with van der Waals surface area (Å²) in [6, 6.07) is 11.4. The van der Waals surface area contributed by atoms with Gasteiger partial charge >= 0.3 is 5.69 Å². The van der Waals surface area contributed by atoms with E-state index in [1.54, 1.807) is 38.3 Å². The van der Waals surface area contributed by atoms with E-state index in [4.69, 9.17) is 4.74 Å². The molecule has 0 amide bonds. The van der Waals surface area contributed by atoms with Crippen molar-refractivity contribution in [1.29, 1.82) is 0 Å². The van der Waals surface area contributed by atoms with E-state index in [0.717, 1.165) is 12.1 Å². The van der Waals surface area contributed by atoms with Crippen LogP contribution in [0.4, 0.5) is 4.39 Å². The molecule has 0 saturated heterocycles. The highest BCUT2D eigenvalue weighted by Crippen LogP contribution is 2.14. The molecule has 0 unspecified atom stereocenters. The lowest BCUT2D eigenvalue weighted by Crippen LogP contribution is -2.27. The van der Waals surface area contributed by atoms with E-state index < -0.39 is 21.3 Å². The fourth-order valence-electron chi connectivity index (χ4n) is 2.61. The number of benzene rings is 2. The number of aryl methyl sites for hydroxylation is 1. The van der Waals surface area contributed by atoms with Gasteiger partial charge in [0.15, 0.2) is 9.84 Å². The molecule has 0 radical (unpaired) electrons. The van der Waals surface area contributed by atoms with E-state index in [9.17, 15) is 17.6 Å². The third kappa shape index (κ3) is 3.92. The summed E-state index contributed by atoms with van der Waals surface area (Å²) in [5, 5.41) is 4.20. The number of halogens is 1. The molecule has 0 saturated carbocycles. The van der Waals surface area contributed by atoms with Crippen LogP contribution in [0.25, 0.3) is 5.69 Å². The molecular weight excluding hydrogens is 373 g/mol. The second-order valence-corrected chi connectivity index (χ2v) is 7.97. The van der Waals surface area contributed by atoms with Gasteiger partial charge in [0.2, 0.25) is 0 Å². The standard InChI is InChI=1S/C18H18FN3O4S/c1-13-20-22(15-5-7-16(26-2)8-6-15)18(23)21(13)11-12-27(24,25)17-9-3-14(19)4-10-17/h3-10H,11-12H2,1-2H3. The summed E-state index contributed by atoms with van der Waals surface area (Å²) < 4.78 is 45.4. The van der Waals surface area contributed by atoms with Crippen molar-refractivity contribution in [2.45, 2.75) is 18.4 Å². The van der Waals surface area contributed by atoms with E-state index in [-0.39, 0.29) is 17.2 Å². The number of nitrogens with zero attached hydrogens (tertiary/aromatic N) is 3. The number of rotatable bonds is 6. The smallest absolute Gasteiger partial charge is 0.350 e. The lowest BCUT2D eigenvalue weighted by molar-refractivity contribution is 0.414. The Morgan fingerprint density at radius 3 is 2.30 bits per heavy atom. The number of sulfone groups is 1. The maximum atomic E-state index is 13.0. The third-order valence-corrected chi connectivity index (χ3v) is 5.83. The van der Waals surface area contributed by atoms with E-state index >= 15 is 0 Å². The molecule has 0 atom stereocenters. The predicted molar refractivity (Wildman–Crippen MR) is 97.6 cm³/mol. The summed E-state index contributed by atoms with van der Waals surface area (Å²) in [5.41, 5.74) is 0.107. The van der Waals surface area contributed by atoms with Crippen LogP contribution in [0, 0.1) is 12.7 Å². The SMILES string of the molecule is COc1ccc(-n2nc(C)n(CCS(=O)(=O)c3ccc(F)cc3)c2=O)cc1. The summed E-state index contributed by atoms with van der Waals surface area (Å²) in [7, 11) is -2.11. The van der Waals surface area contributed by atoms with Crippen molar-refractivity contribution in [3.8, 4) is 11.4 Å². The van der Waals surface area contributed by atoms with Gasteiger partial charge in [-0.3, -0.25) is 4.57 Å². The molecule has 0 N–H and O–H groups in total. The quantitative estimate of drug-likeness (QED) is 0.600. The zero-order valence-electron chi connectivity index (χ0n) is 14.8. The first-order valence-corrected chi connectivity index (χ1v) is 9.76. The Morgan fingerprint density at radius 1 is 1.07 bits per heavy atom. The number of hydrogen-bond donors (Lipinski definition) is 0. The third-order valence-electron chi connectivity index (χ3n) is 4.12. The minimum absolute atomic E-state index is 0.0112. The Bertz CT molecular complexity index is 1100. The molecule has 1 aromatic heterocycles. The van der Waals surface area contributed by atoms with Crippen molar-refractivity contribution in [1.82, 2.24) is 14.3 Å². The second kappa shape index (κ2) is 7.36. The van der Waals surface area contributed by atoms with Crippen molar-refractivity contribution >= 4 is 9.84 Å². The summed E-state index contributed by atoms with van der Waals surface area (Å²) in [5.74, 6) is 0.230. The highest BCUT2D eigenvalue weighted by atomic mass is 32.2. The average molecular weight is 391 g/mol. The molecule has 27 heavy (non-hydrogen) atoms. The van der Waals surface area contributed by atoms with Gasteiger partial charge < -0.3 is 4.74 Å². The van der Waals surface area contributed by atoms with Gasteiger partial charge in [0.1, 0.15) is 17.4 Å². The molecule has 0 bridgehead atoms. The van der Waals surface area contributed by atoms with Crippen LogP contribution in [-0.4, -0.2) is 35.6 Å². The minimum Gasteiger partial charge on any atom is -0.497 e. The van der Waals surface area contributed by atoms with Gasteiger partial charge in [-0.15, -0.1) is 0 Å². The van der Waals surface area contributed by atoms with Crippen molar-refractivity contribution in [3.63, 3.8) is 0 Å². The molecule has 3 aromatic rings. The second-order valence-electron chi connectivity index (χ2n) is 5.86. The number of ether oxygens (including phenoxy) is 1. The number of hydrogen-bond acceptors (Lipinski definition) is 5. The van der Waals surface area contributed by atoms with Gasteiger partial charge in [0.05, 0.1) is 23.4 Å². The van der Waals surface area contributed by atoms with Crippen LogP contribution in [-0.2, 0) is 16.4 Å². The highest BCUT2D eigenvalue weighted by molar-refractivity contribution is 7.91. The highest BCUT2D eigenvalue weighted by Gasteiger charge is 2.18. The zero-order chi connectivity index (χ0) is 19.6. The zero-order valence-corrected chi connectivity index (χ0v) is 15.6. The molecule has 3 rings (SSSR count). The Morgan fingerprint density at radius 2 is 1.70 bits per heavy atom. The predicted octanol–water partition coefficient (Wildman–Crippen LogP) is 1.96. The Kier molecular flexibility index (Phi) is 5.13. The largest absolute Gasteiger partial charge is 0.497 e. The maximum Gasteiger partial charge on any atom is 0.350 e. The molecule has 142 valence electrons. The molecule has 0 fully saturated rings. The minimum atomic E-state index is -3.65. The van der Waals surface area contributed by atoms with Gasteiger partial charge in [-0.05, 0) is 55.5 Å². The van der Waals surface area contributed by atoms with Gasteiger partial charge in [0.25, 0.3) is 0 Å². The van der Waals surface area contributed by atoms with E-state index in [2.05, 4.69) is 5.10 Å². The van der Waals surface area contributed by atoms with Crippen molar-refractivity contribution in [2.75, 3.05) is 12.9 Å². The lowest BCUT2D eigenvalue weighted by atomic mass is 10.3. The molecule has 1 heterocycles. The molecule has 0 aliphatic heterocycles. The first-order valence-electron chi connectivity index (χ1n) is 8.11. The Labute approximate surface area is 155 Å². The van der Waals surface area contributed by atoms with E-state index in [1.807, 2.05) is 0 Å². The van der Waals surface area contributed by atoms with Crippen LogP contribution in [0.15, 0.2) is 58.2 Å². The van der Waals surface area contributed by atoms with Crippen LogP contribution in [0.2, 0.25) is 0 Å². The summed E-state index contributed by atoms with van der Waals surface area (Å²) >= 11 is 0. The molecule has 2 aromatic carbocycles. The van der Waals surface area contributed by atoms with Gasteiger partial charge in [0, 0.05) is 6.54 Å². The fourth-order valence-corrected chi connectivity index (χ4v) is 3.82. The number of aromatic nitrogens is 3. The van der Waals surface area contributed by atoms with Crippen LogP contribution in [0.1, 0.15) is 5.82 Å². The fraction of sp³-hybridized carbons (Fsp3) is 0.222.